The second-order valence-corrected chi connectivity index (χ2v) is 5.85. The summed E-state index contributed by atoms with van der Waals surface area (Å²) in [5.41, 5.74) is 9.11. The van der Waals surface area contributed by atoms with Crippen LogP contribution in [0.1, 0.15) is 12.0 Å². The van der Waals surface area contributed by atoms with Crippen LogP contribution >= 0.6 is 0 Å². The molecule has 0 spiro atoms. The molecule has 4 atom stereocenters. The SMILES string of the molecule is Nc1ncnc2c1nc(N/N=C/c1ccco1)n2[C@H]1O[C@@H](CO)[C@H](O)[C@@H]1O. The molecule has 4 rings (SSSR count). The Morgan fingerprint density at radius 2 is 2.19 bits per heavy atom. The van der Waals surface area contributed by atoms with Crippen molar-refractivity contribution >= 4 is 29.1 Å². The zero-order chi connectivity index (χ0) is 19.0. The van der Waals surface area contributed by atoms with Gasteiger partial charge in [0.25, 0.3) is 0 Å². The number of ether oxygens (including phenoxy) is 1. The van der Waals surface area contributed by atoms with Crippen molar-refractivity contribution in [2.45, 2.75) is 24.5 Å². The first-order valence-corrected chi connectivity index (χ1v) is 8.03. The van der Waals surface area contributed by atoms with Gasteiger partial charge in [-0.15, -0.1) is 0 Å². The van der Waals surface area contributed by atoms with E-state index in [0.717, 1.165) is 0 Å². The molecule has 1 saturated heterocycles. The molecule has 0 aliphatic carbocycles. The van der Waals surface area contributed by atoms with E-state index < -0.39 is 31.1 Å². The number of furan rings is 1. The van der Waals surface area contributed by atoms with E-state index in [9.17, 15) is 15.3 Å². The van der Waals surface area contributed by atoms with Crippen LogP contribution < -0.4 is 11.2 Å². The summed E-state index contributed by atoms with van der Waals surface area (Å²) in [7, 11) is 0. The molecule has 12 nitrogen and oxygen atoms in total. The summed E-state index contributed by atoms with van der Waals surface area (Å²) < 4.78 is 12.1. The molecule has 6 N–H and O–H groups in total. The average Bonchev–Trinajstić information content (AvgIpc) is 3.36. The minimum Gasteiger partial charge on any atom is -0.463 e. The van der Waals surface area contributed by atoms with Gasteiger partial charge in [0.1, 0.15) is 30.4 Å². The van der Waals surface area contributed by atoms with Gasteiger partial charge in [0.2, 0.25) is 5.95 Å². The number of nitrogens with zero attached hydrogens (tertiary/aromatic N) is 5. The molecule has 0 unspecified atom stereocenters. The number of nitrogens with two attached hydrogens (primary N) is 1. The molecule has 1 aliphatic rings. The van der Waals surface area contributed by atoms with Crippen molar-refractivity contribution in [3.8, 4) is 0 Å². The maximum Gasteiger partial charge on any atom is 0.228 e. The molecule has 0 radical (unpaired) electrons. The van der Waals surface area contributed by atoms with Crippen molar-refractivity contribution in [1.82, 2.24) is 19.5 Å². The lowest BCUT2D eigenvalue weighted by atomic mass is 10.1. The van der Waals surface area contributed by atoms with Gasteiger partial charge < -0.3 is 30.2 Å². The number of hydrogen-bond acceptors (Lipinski definition) is 11. The third-order valence-corrected chi connectivity index (χ3v) is 4.18. The lowest BCUT2D eigenvalue weighted by molar-refractivity contribution is -0.0501. The van der Waals surface area contributed by atoms with Crippen LogP contribution in [0.4, 0.5) is 11.8 Å². The Kier molecular flexibility index (Phi) is 4.45. The largest absolute Gasteiger partial charge is 0.463 e. The van der Waals surface area contributed by atoms with Crippen LogP contribution in [0.2, 0.25) is 0 Å². The number of aliphatic hydroxyl groups excluding tert-OH is 3. The third kappa shape index (κ3) is 3.00. The van der Waals surface area contributed by atoms with Crippen molar-refractivity contribution in [1.29, 1.82) is 0 Å². The molecule has 0 aromatic carbocycles. The van der Waals surface area contributed by atoms with Crippen LogP contribution in [0, 0.1) is 0 Å². The number of rotatable bonds is 5. The fourth-order valence-electron chi connectivity index (χ4n) is 2.86. The van der Waals surface area contributed by atoms with E-state index in [1.165, 1.54) is 23.4 Å². The summed E-state index contributed by atoms with van der Waals surface area (Å²) in [5, 5.41) is 33.8. The van der Waals surface area contributed by atoms with Crippen LogP contribution in [-0.2, 0) is 4.74 Å². The van der Waals surface area contributed by atoms with E-state index in [-0.39, 0.29) is 22.9 Å². The molecule has 0 amide bonds. The molecule has 0 saturated carbocycles. The molecule has 0 bridgehead atoms. The minimum absolute atomic E-state index is 0.128. The number of nitrogen functional groups attached to an aromatic ring is 1. The van der Waals surface area contributed by atoms with Gasteiger partial charge in [0.05, 0.1) is 19.1 Å². The molecule has 4 heterocycles. The first kappa shape index (κ1) is 17.4. The number of imidazole rings is 1. The summed E-state index contributed by atoms with van der Waals surface area (Å²) in [6.45, 7) is -0.460. The Balaban J connectivity index is 1.74. The van der Waals surface area contributed by atoms with Gasteiger partial charge in [-0.05, 0) is 12.1 Å². The molecule has 27 heavy (non-hydrogen) atoms. The fraction of sp³-hybridized carbons (Fsp3) is 0.333. The predicted octanol–water partition coefficient (Wildman–Crippen LogP) is -0.941. The molecule has 1 aliphatic heterocycles. The van der Waals surface area contributed by atoms with Crippen molar-refractivity contribution in [2.75, 3.05) is 17.8 Å². The monoisotopic (exact) mass is 375 g/mol. The van der Waals surface area contributed by atoms with Gasteiger partial charge in [0, 0.05) is 0 Å². The molecular formula is C15H17N7O5. The molecule has 12 heteroatoms. The Morgan fingerprint density at radius 1 is 1.33 bits per heavy atom. The summed E-state index contributed by atoms with van der Waals surface area (Å²) >= 11 is 0. The van der Waals surface area contributed by atoms with Crippen molar-refractivity contribution in [3.63, 3.8) is 0 Å². The number of hydrogen-bond donors (Lipinski definition) is 5. The quantitative estimate of drug-likeness (QED) is 0.276. The van der Waals surface area contributed by atoms with E-state index in [1.807, 2.05) is 0 Å². The first-order chi connectivity index (χ1) is 13.1. The smallest absolute Gasteiger partial charge is 0.228 e. The maximum absolute atomic E-state index is 10.4. The van der Waals surface area contributed by atoms with E-state index in [1.54, 1.807) is 12.1 Å². The van der Waals surface area contributed by atoms with Crippen molar-refractivity contribution in [2.24, 2.45) is 5.10 Å². The van der Waals surface area contributed by atoms with Crippen LogP contribution in [-0.4, -0.2) is 66.0 Å². The summed E-state index contributed by atoms with van der Waals surface area (Å²) in [4.78, 5) is 12.3. The van der Waals surface area contributed by atoms with Gasteiger partial charge in [0.15, 0.2) is 23.2 Å². The first-order valence-electron chi connectivity index (χ1n) is 8.03. The predicted molar refractivity (Wildman–Crippen MR) is 92.7 cm³/mol. The van der Waals surface area contributed by atoms with Crippen LogP contribution in [0.25, 0.3) is 11.2 Å². The van der Waals surface area contributed by atoms with E-state index >= 15 is 0 Å². The normalized spacial score (nSPS) is 25.6. The molecular weight excluding hydrogens is 358 g/mol. The molecule has 142 valence electrons. The molecule has 1 fully saturated rings. The maximum atomic E-state index is 10.4. The van der Waals surface area contributed by atoms with E-state index in [0.29, 0.717) is 5.76 Å². The van der Waals surface area contributed by atoms with E-state index in [2.05, 4.69) is 25.5 Å². The van der Waals surface area contributed by atoms with Gasteiger partial charge >= 0.3 is 0 Å². The summed E-state index contributed by atoms with van der Waals surface area (Å²) in [6, 6.07) is 3.43. The number of hydrazone groups is 1. The Bertz CT molecular complexity index is 957. The highest BCUT2D eigenvalue weighted by molar-refractivity contribution is 5.84. The standard InChI is InChI=1S/C15H17N7O5/c16-12-9-13(18-6-17-12)22(14-11(25)10(24)8(5-23)27-14)15(20-9)21-19-4-7-2-1-3-26-7/h1-4,6,8,10-11,14,23-25H,5H2,(H,20,21)(H2,16,17,18)/b19-4+/t8-,10-,11-,14-/m0/s1. The summed E-state index contributed by atoms with van der Waals surface area (Å²) in [6.07, 6.45) is -0.463. The summed E-state index contributed by atoms with van der Waals surface area (Å²) in [5.74, 6) is 0.788. The van der Waals surface area contributed by atoms with Gasteiger partial charge in [-0.25, -0.2) is 20.4 Å². The Hall–Kier alpha value is -3.06. The van der Waals surface area contributed by atoms with Crippen LogP contribution in [0.3, 0.4) is 0 Å². The number of nitrogens with one attached hydrogen (secondary N) is 1. The topological polar surface area (TPSA) is 177 Å². The highest BCUT2D eigenvalue weighted by Gasteiger charge is 2.45. The van der Waals surface area contributed by atoms with Crippen molar-refractivity contribution < 1.29 is 24.5 Å². The van der Waals surface area contributed by atoms with Crippen molar-refractivity contribution in [3.05, 3.63) is 30.5 Å². The zero-order valence-electron chi connectivity index (χ0n) is 13.9. The average molecular weight is 375 g/mol. The second-order valence-electron chi connectivity index (χ2n) is 5.85. The molecule has 3 aromatic rings. The minimum atomic E-state index is -1.33. The number of aliphatic hydroxyl groups is 3. The highest BCUT2D eigenvalue weighted by Crippen LogP contribution is 2.35. The van der Waals surface area contributed by atoms with Gasteiger partial charge in [-0.2, -0.15) is 5.10 Å². The number of aromatic nitrogens is 4. The van der Waals surface area contributed by atoms with Crippen LogP contribution in [0.5, 0.6) is 0 Å². The lowest BCUT2D eigenvalue weighted by Crippen LogP contribution is -2.33. The van der Waals surface area contributed by atoms with Gasteiger partial charge in [-0.3, -0.25) is 4.57 Å². The highest BCUT2D eigenvalue weighted by atomic mass is 16.6. The zero-order valence-corrected chi connectivity index (χ0v) is 13.9. The van der Waals surface area contributed by atoms with Crippen LogP contribution in [0.15, 0.2) is 34.2 Å². The molecule has 3 aromatic heterocycles. The number of fused-ring (bicyclic) bond motifs is 1. The van der Waals surface area contributed by atoms with Gasteiger partial charge in [-0.1, -0.05) is 0 Å². The Morgan fingerprint density at radius 3 is 2.89 bits per heavy atom. The fourth-order valence-corrected chi connectivity index (χ4v) is 2.86. The second kappa shape index (κ2) is 6.92. The lowest BCUT2D eigenvalue weighted by Gasteiger charge is -2.18. The Labute approximate surface area is 151 Å². The third-order valence-electron chi connectivity index (χ3n) is 4.18. The number of anilines is 2. The van der Waals surface area contributed by atoms with E-state index in [4.69, 9.17) is 14.9 Å².